The molecule has 2 atom stereocenters. The molecule has 1 aliphatic rings. The van der Waals surface area contributed by atoms with Crippen LogP contribution in [0.25, 0.3) is 16.9 Å². The maximum atomic E-state index is 13.6. The maximum Gasteiger partial charge on any atom is 0.320 e. The summed E-state index contributed by atoms with van der Waals surface area (Å²) >= 11 is 0. The molecule has 4 aromatic rings. The van der Waals surface area contributed by atoms with Crippen LogP contribution in [0.1, 0.15) is 27.5 Å². The first kappa shape index (κ1) is 28.9. The molecule has 11 nitrogen and oxygen atoms in total. The van der Waals surface area contributed by atoms with Crippen molar-refractivity contribution in [3.05, 3.63) is 95.8 Å². The molecule has 0 unspecified atom stereocenters. The summed E-state index contributed by atoms with van der Waals surface area (Å²) in [6, 6.07) is 22.8. The average Bonchev–Trinajstić information content (AvgIpc) is 3.57. The van der Waals surface area contributed by atoms with Gasteiger partial charge in [-0.1, -0.05) is 48.5 Å². The van der Waals surface area contributed by atoms with Crippen molar-refractivity contribution in [1.82, 2.24) is 30.5 Å². The lowest BCUT2D eigenvalue weighted by Gasteiger charge is -2.21. The number of para-hydroxylation sites is 1. The van der Waals surface area contributed by atoms with Crippen LogP contribution in [-0.2, 0) is 9.57 Å². The topological polar surface area (TPSA) is 123 Å². The summed E-state index contributed by atoms with van der Waals surface area (Å²) in [5.74, 6) is 0.193. The highest BCUT2D eigenvalue weighted by Crippen LogP contribution is 2.31. The van der Waals surface area contributed by atoms with E-state index < -0.39 is 5.91 Å². The molecule has 0 aliphatic carbocycles. The van der Waals surface area contributed by atoms with E-state index in [1.165, 1.54) is 12.7 Å². The zero-order chi connectivity index (χ0) is 29.5. The van der Waals surface area contributed by atoms with Crippen LogP contribution < -0.4 is 16.1 Å². The van der Waals surface area contributed by atoms with Crippen LogP contribution in [0, 0.1) is 6.92 Å². The largest absolute Gasteiger partial charge is 0.383 e. The van der Waals surface area contributed by atoms with Crippen LogP contribution in [0.3, 0.4) is 0 Å². The Kier molecular flexibility index (Phi) is 9.22. The van der Waals surface area contributed by atoms with E-state index in [4.69, 9.17) is 14.7 Å². The SMILES string of the molecule is COCCN1C[C@@H](NC(=O)Nc2c(C)c(-c3ccnc(C(=O)NOC)c3)nn2-c2ccccc2)[C@H](c2ccccc2)C1. The van der Waals surface area contributed by atoms with E-state index in [0.29, 0.717) is 30.2 Å². The van der Waals surface area contributed by atoms with Crippen molar-refractivity contribution < 1.29 is 19.2 Å². The molecule has 0 saturated carbocycles. The van der Waals surface area contributed by atoms with Crippen molar-refractivity contribution in [2.45, 2.75) is 18.9 Å². The summed E-state index contributed by atoms with van der Waals surface area (Å²) in [6.07, 6.45) is 1.54. The fraction of sp³-hybridized carbons (Fsp3) is 0.290. The van der Waals surface area contributed by atoms with Crippen molar-refractivity contribution in [2.75, 3.05) is 45.8 Å². The Morgan fingerprint density at radius 2 is 1.74 bits per heavy atom. The number of hydrogen-bond acceptors (Lipinski definition) is 7. The number of nitrogens with zero attached hydrogens (tertiary/aromatic N) is 4. The molecule has 3 amide bonds. The molecule has 0 radical (unpaired) electrons. The third-order valence-corrected chi connectivity index (χ3v) is 7.37. The highest BCUT2D eigenvalue weighted by Gasteiger charge is 2.35. The summed E-state index contributed by atoms with van der Waals surface area (Å²) < 4.78 is 7.00. The third kappa shape index (κ3) is 6.49. The Hall–Kier alpha value is -4.58. The number of pyridine rings is 1. The number of carbonyl (C=O) groups is 2. The van der Waals surface area contributed by atoms with E-state index in [1.54, 1.807) is 30.1 Å². The molecule has 11 heteroatoms. The minimum atomic E-state index is -0.471. The van der Waals surface area contributed by atoms with Crippen molar-refractivity contribution in [3.8, 4) is 16.9 Å². The van der Waals surface area contributed by atoms with Gasteiger partial charge in [-0.25, -0.2) is 15.0 Å². The highest BCUT2D eigenvalue weighted by molar-refractivity contribution is 5.94. The van der Waals surface area contributed by atoms with Gasteiger partial charge in [0.1, 0.15) is 11.5 Å². The minimum absolute atomic E-state index is 0.0980. The van der Waals surface area contributed by atoms with E-state index in [-0.39, 0.29) is 23.7 Å². The Morgan fingerprint density at radius 1 is 1.00 bits per heavy atom. The number of hydrogen-bond donors (Lipinski definition) is 3. The second-order valence-corrected chi connectivity index (χ2v) is 10.1. The third-order valence-electron chi connectivity index (χ3n) is 7.37. The van der Waals surface area contributed by atoms with Crippen LogP contribution in [0.5, 0.6) is 0 Å². The predicted molar refractivity (Wildman–Crippen MR) is 159 cm³/mol. The molecule has 0 spiro atoms. The van der Waals surface area contributed by atoms with E-state index in [9.17, 15) is 9.59 Å². The number of urea groups is 1. The Bertz CT molecular complexity index is 1510. The van der Waals surface area contributed by atoms with E-state index in [0.717, 1.165) is 24.3 Å². The van der Waals surface area contributed by atoms with E-state index in [2.05, 4.69) is 38.1 Å². The summed E-state index contributed by atoms with van der Waals surface area (Å²) in [5, 5.41) is 11.2. The smallest absolute Gasteiger partial charge is 0.320 e. The van der Waals surface area contributed by atoms with Gasteiger partial charge in [0.2, 0.25) is 0 Å². The highest BCUT2D eigenvalue weighted by atomic mass is 16.6. The van der Waals surface area contributed by atoms with Crippen molar-refractivity contribution in [3.63, 3.8) is 0 Å². The molecule has 3 N–H and O–H groups in total. The second kappa shape index (κ2) is 13.4. The number of hydroxylamine groups is 1. The normalized spacial score (nSPS) is 16.7. The standard InChI is InChI=1S/C31H35N7O4/c1-21-28(23-14-15-32-26(18-23)30(39)36-42-3)35-38(24-12-8-5-9-13-24)29(21)34-31(40)33-27-20-37(16-17-41-2)19-25(27)22-10-6-4-7-11-22/h4-15,18,25,27H,16-17,19-20H2,1-3H3,(H,36,39)(H2,33,34,40)/t25-,27+/m0/s1. The monoisotopic (exact) mass is 569 g/mol. The van der Waals surface area contributed by atoms with Gasteiger partial charge in [0.15, 0.2) is 0 Å². The van der Waals surface area contributed by atoms with Gasteiger partial charge in [-0.15, -0.1) is 0 Å². The van der Waals surface area contributed by atoms with Crippen LogP contribution in [0.15, 0.2) is 79.0 Å². The first-order valence-electron chi connectivity index (χ1n) is 13.8. The average molecular weight is 570 g/mol. The number of amides is 3. The van der Waals surface area contributed by atoms with Gasteiger partial charge in [0.25, 0.3) is 5.91 Å². The lowest BCUT2D eigenvalue weighted by molar-refractivity contribution is 0.0532. The molecular formula is C31H35N7O4. The Morgan fingerprint density at radius 3 is 2.45 bits per heavy atom. The molecule has 5 rings (SSSR count). The van der Waals surface area contributed by atoms with Crippen LogP contribution >= 0.6 is 0 Å². The first-order chi connectivity index (χ1) is 20.5. The molecule has 1 fully saturated rings. The number of carbonyl (C=O) groups excluding carboxylic acids is 2. The number of benzene rings is 2. The van der Waals surface area contributed by atoms with Crippen LogP contribution in [-0.4, -0.2) is 78.1 Å². The van der Waals surface area contributed by atoms with Crippen molar-refractivity contribution in [2.24, 2.45) is 0 Å². The summed E-state index contributed by atoms with van der Waals surface area (Å²) in [6.45, 7) is 4.84. The Balaban J connectivity index is 1.43. The van der Waals surface area contributed by atoms with Gasteiger partial charge in [0.05, 0.1) is 31.1 Å². The maximum absolute atomic E-state index is 13.6. The van der Waals surface area contributed by atoms with Gasteiger partial charge in [-0.05, 0) is 36.8 Å². The lowest BCUT2D eigenvalue weighted by Crippen LogP contribution is -2.42. The molecular weight excluding hydrogens is 534 g/mol. The number of nitrogens with one attached hydrogen (secondary N) is 3. The van der Waals surface area contributed by atoms with Gasteiger partial charge in [-0.2, -0.15) is 5.10 Å². The molecule has 2 aromatic heterocycles. The Labute approximate surface area is 244 Å². The molecule has 218 valence electrons. The van der Waals surface area contributed by atoms with Crippen LogP contribution in [0.4, 0.5) is 10.6 Å². The summed E-state index contributed by atoms with van der Waals surface area (Å²) in [4.78, 5) is 37.1. The number of anilines is 1. The first-order valence-corrected chi connectivity index (χ1v) is 13.8. The molecule has 1 aliphatic heterocycles. The van der Waals surface area contributed by atoms with E-state index >= 15 is 0 Å². The number of rotatable bonds is 10. The quantitative estimate of drug-likeness (QED) is 0.249. The number of ether oxygens (including phenoxy) is 1. The van der Waals surface area contributed by atoms with Gasteiger partial charge in [-0.3, -0.25) is 24.8 Å². The summed E-state index contributed by atoms with van der Waals surface area (Å²) in [5.41, 5.74) is 6.45. The lowest BCUT2D eigenvalue weighted by atomic mass is 9.94. The summed E-state index contributed by atoms with van der Waals surface area (Å²) in [7, 11) is 3.06. The number of aromatic nitrogens is 3. The van der Waals surface area contributed by atoms with E-state index in [1.807, 2.05) is 55.5 Å². The molecule has 1 saturated heterocycles. The second-order valence-electron chi connectivity index (χ2n) is 10.1. The van der Waals surface area contributed by atoms with Gasteiger partial charge in [0, 0.05) is 50.0 Å². The molecule has 3 heterocycles. The molecule has 2 aromatic carbocycles. The fourth-order valence-corrected chi connectivity index (χ4v) is 5.30. The van der Waals surface area contributed by atoms with Crippen LogP contribution in [0.2, 0.25) is 0 Å². The minimum Gasteiger partial charge on any atom is -0.383 e. The zero-order valence-electron chi connectivity index (χ0n) is 23.9. The zero-order valence-corrected chi connectivity index (χ0v) is 23.9. The molecule has 42 heavy (non-hydrogen) atoms. The number of methoxy groups -OCH3 is 1. The predicted octanol–water partition coefficient (Wildman–Crippen LogP) is 3.77. The van der Waals surface area contributed by atoms with Crippen molar-refractivity contribution in [1.29, 1.82) is 0 Å². The van der Waals surface area contributed by atoms with Gasteiger partial charge >= 0.3 is 6.03 Å². The molecule has 0 bridgehead atoms. The fourth-order valence-electron chi connectivity index (χ4n) is 5.30. The van der Waals surface area contributed by atoms with Gasteiger partial charge < -0.3 is 10.1 Å². The number of likely N-dealkylation sites (tertiary alicyclic amines) is 1. The van der Waals surface area contributed by atoms with Crippen molar-refractivity contribution >= 4 is 17.8 Å².